The van der Waals surface area contributed by atoms with Crippen molar-refractivity contribution < 1.29 is 4.39 Å². The maximum atomic E-state index is 13.0. The summed E-state index contributed by atoms with van der Waals surface area (Å²) in [6.07, 6.45) is 5.25. The molecule has 1 aliphatic rings. The first-order chi connectivity index (χ1) is 8.70. The minimum atomic E-state index is -0.312. The highest BCUT2D eigenvalue weighted by Crippen LogP contribution is 2.33. The van der Waals surface area contributed by atoms with E-state index in [1.807, 2.05) is 0 Å². The molecule has 1 aliphatic carbocycles. The Labute approximate surface area is 113 Å². The highest BCUT2D eigenvalue weighted by atomic mass is 35.5. The van der Waals surface area contributed by atoms with Gasteiger partial charge in [0.15, 0.2) is 0 Å². The number of benzene rings is 1. The molecule has 0 bridgehead atoms. The van der Waals surface area contributed by atoms with Crippen LogP contribution in [0.3, 0.4) is 0 Å². The summed E-state index contributed by atoms with van der Waals surface area (Å²) in [4.78, 5) is 0. The van der Waals surface area contributed by atoms with Crippen LogP contribution in [0.5, 0.6) is 0 Å². The van der Waals surface area contributed by atoms with Crippen LogP contribution in [0.4, 0.5) is 4.39 Å². The normalized spacial score (nSPS) is 16.8. The number of nitrogens with two attached hydrogens (primary N) is 1. The Balaban J connectivity index is 1.85. The second-order valence-corrected chi connectivity index (χ2v) is 5.40. The molecule has 1 aromatic carbocycles. The molecule has 4 heteroatoms. The minimum absolute atomic E-state index is 0.0114. The molecule has 3 N–H and O–H groups in total. The van der Waals surface area contributed by atoms with E-state index in [4.69, 9.17) is 17.3 Å². The van der Waals surface area contributed by atoms with E-state index < -0.39 is 0 Å². The summed E-state index contributed by atoms with van der Waals surface area (Å²) in [5.74, 6) is 0.644. The van der Waals surface area contributed by atoms with Gasteiger partial charge in [0.2, 0.25) is 0 Å². The Morgan fingerprint density at radius 2 is 2.22 bits per heavy atom. The zero-order valence-corrected chi connectivity index (χ0v) is 11.2. The van der Waals surface area contributed by atoms with Crippen molar-refractivity contribution in [2.45, 2.75) is 31.7 Å². The third kappa shape index (κ3) is 3.94. The van der Waals surface area contributed by atoms with Gasteiger partial charge in [0.1, 0.15) is 5.82 Å². The van der Waals surface area contributed by atoms with Crippen molar-refractivity contribution in [1.82, 2.24) is 5.32 Å². The van der Waals surface area contributed by atoms with E-state index in [1.54, 1.807) is 6.07 Å². The summed E-state index contributed by atoms with van der Waals surface area (Å²) >= 11 is 6.04. The first-order valence-corrected chi connectivity index (χ1v) is 6.97. The molecule has 0 spiro atoms. The second kappa shape index (κ2) is 6.50. The fourth-order valence-corrected chi connectivity index (χ4v) is 2.48. The van der Waals surface area contributed by atoms with Gasteiger partial charge in [0.05, 0.1) is 0 Å². The van der Waals surface area contributed by atoms with Gasteiger partial charge in [-0.1, -0.05) is 30.5 Å². The summed E-state index contributed by atoms with van der Waals surface area (Å²) in [7, 11) is 0. The highest BCUT2D eigenvalue weighted by Gasteiger charge is 2.20. The monoisotopic (exact) mass is 270 g/mol. The molecule has 0 aromatic heterocycles. The Hall–Kier alpha value is -0.640. The largest absolute Gasteiger partial charge is 0.329 e. The highest BCUT2D eigenvalue weighted by molar-refractivity contribution is 6.31. The first kappa shape index (κ1) is 13.8. The third-order valence-electron chi connectivity index (χ3n) is 3.45. The molecule has 0 saturated heterocycles. The summed E-state index contributed by atoms with van der Waals surface area (Å²) in [5, 5.41) is 3.84. The van der Waals surface area contributed by atoms with Crippen LogP contribution in [-0.4, -0.2) is 13.1 Å². The van der Waals surface area contributed by atoms with Crippen molar-refractivity contribution in [2.24, 2.45) is 11.7 Å². The number of hydrogen-bond donors (Lipinski definition) is 2. The van der Waals surface area contributed by atoms with Crippen LogP contribution < -0.4 is 11.1 Å². The zero-order valence-electron chi connectivity index (χ0n) is 10.5. The van der Waals surface area contributed by atoms with Gasteiger partial charge >= 0.3 is 0 Å². The van der Waals surface area contributed by atoms with E-state index in [9.17, 15) is 4.39 Å². The van der Waals surface area contributed by atoms with Gasteiger partial charge in [-0.15, -0.1) is 0 Å². The first-order valence-electron chi connectivity index (χ1n) is 6.59. The second-order valence-electron chi connectivity index (χ2n) is 4.99. The van der Waals surface area contributed by atoms with Crippen molar-refractivity contribution in [3.05, 3.63) is 34.6 Å². The number of nitrogens with one attached hydrogen (secondary N) is 1. The van der Waals surface area contributed by atoms with Gasteiger partial charge in [-0.05, 0) is 43.0 Å². The van der Waals surface area contributed by atoms with Crippen LogP contribution >= 0.6 is 11.6 Å². The number of hydrogen-bond acceptors (Lipinski definition) is 2. The Bertz CT molecular complexity index is 393. The van der Waals surface area contributed by atoms with Crippen molar-refractivity contribution in [1.29, 1.82) is 0 Å². The van der Waals surface area contributed by atoms with Crippen LogP contribution in [0.25, 0.3) is 0 Å². The molecule has 1 atom stereocenters. The topological polar surface area (TPSA) is 38.0 Å². The molecular weight excluding hydrogens is 251 g/mol. The van der Waals surface area contributed by atoms with Crippen molar-refractivity contribution in [3.63, 3.8) is 0 Å². The Morgan fingerprint density at radius 1 is 1.44 bits per heavy atom. The molecule has 0 aliphatic heterocycles. The predicted molar refractivity (Wildman–Crippen MR) is 73.2 cm³/mol. The molecule has 0 heterocycles. The molecule has 1 fully saturated rings. The van der Waals surface area contributed by atoms with Gasteiger partial charge in [-0.25, -0.2) is 4.39 Å². The van der Waals surface area contributed by atoms with E-state index in [0.717, 1.165) is 18.0 Å². The van der Waals surface area contributed by atoms with Gasteiger partial charge in [-0.2, -0.15) is 0 Å². The summed E-state index contributed by atoms with van der Waals surface area (Å²) in [6.45, 7) is 1.40. The molecule has 18 heavy (non-hydrogen) atoms. The summed E-state index contributed by atoms with van der Waals surface area (Å²) in [6, 6.07) is 4.49. The van der Waals surface area contributed by atoms with Crippen LogP contribution in [0, 0.1) is 11.7 Å². The van der Waals surface area contributed by atoms with Gasteiger partial charge < -0.3 is 11.1 Å². The van der Waals surface area contributed by atoms with E-state index in [1.165, 1.54) is 37.8 Å². The van der Waals surface area contributed by atoms with Crippen molar-refractivity contribution >= 4 is 11.6 Å². The summed E-state index contributed by atoms with van der Waals surface area (Å²) in [5.41, 5.74) is 6.63. The quantitative estimate of drug-likeness (QED) is 0.747. The molecule has 2 nitrogen and oxygen atoms in total. The van der Waals surface area contributed by atoms with E-state index >= 15 is 0 Å². The zero-order chi connectivity index (χ0) is 13.0. The van der Waals surface area contributed by atoms with Gasteiger partial charge in [-0.3, -0.25) is 0 Å². The van der Waals surface area contributed by atoms with E-state index in [-0.39, 0.29) is 11.9 Å². The number of rotatable bonds is 7. The number of halogens is 2. The predicted octanol–water partition coefficient (Wildman–Crippen LogP) is 3.26. The molecule has 0 amide bonds. The van der Waals surface area contributed by atoms with Gasteiger partial charge in [0.25, 0.3) is 0 Å². The van der Waals surface area contributed by atoms with Crippen LogP contribution in [0.15, 0.2) is 18.2 Å². The van der Waals surface area contributed by atoms with Gasteiger partial charge in [0, 0.05) is 17.6 Å². The molecule has 1 unspecified atom stereocenters. The minimum Gasteiger partial charge on any atom is -0.329 e. The third-order valence-corrected chi connectivity index (χ3v) is 3.78. The lowest BCUT2D eigenvalue weighted by Crippen LogP contribution is -2.29. The SMILES string of the molecule is NCC(NCCCC1CC1)c1ccc(F)cc1Cl. The molecule has 0 radical (unpaired) electrons. The average molecular weight is 271 g/mol. The van der Waals surface area contributed by atoms with E-state index in [0.29, 0.717) is 11.6 Å². The van der Waals surface area contributed by atoms with Crippen LogP contribution in [0.2, 0.25) is 5.02 Å². The molecular formula is C14H20ClFN2. The van der Waals surface area contributed by atoms with Crippen LogP contribution in [0.1, 0.15) is 37.3 Å². The summed E-state index contributed by atoms with van der Waals surface area (Å²) < 4.78 is 13.0. The average Bonchev–Trinajstić information content (AvgIpc) is 3.15. The Kier molecular flexibility index (Phi) is 4.98. The lowest BCUT2D eigenvalue weighted by molar-refractivity contribution is 0.511. The fourth-order valence-electron chi connectivity index (χ4n) is 2.18. The van der Waals surface area contributed by atoms with E-state index in [2.05, 4.69) is 5.32 Å². The molecule has 2 rings (SSSR count). The maximum Gasteiger partial charge on any atom is 0.124 e. The lowest BCUT2D eigenvalue weighted by Gasteiger charge is -2.18. The molecule has 1 saturated carbocycles. The molecule has 100 valence electrons. The fraction of sp³-hybridized carbons (Fsp3) is 0.571. The van der Waals surface area contributed by atoms with Crippen molar-refractivity contribution in [2.75, 3.05) is 13.1 Å². The Morgan fingerprint density at radius 3 is 2.83 bits per heavy atom. The molecule has 1 aromatic rings. The maximum absolute atomic E-state index is 13.0. The van der Waals surface area contributed by atoms with Crippen molar-refractivity contribution in [3.8, 4) is 0 Å². The standard InChI is InChI=1S/C14H20ClFN2/c15-13-8-11(16)5-6-12(13)14(9-17)18-7-1-2-10-3-4-10/h5-6,8,10,14,18H,1-4,7,9,17H2. The smallest absolute Gasteiger partial charge is 0.124 e. The van der Waals surface area contributed by atoms with Crippen LogP contribution in [-0.2, 0) is 0 Å². The lowest BCUT2D eigenvalue weighted by atomic mass is 10.1.